The quantitative estimate of drug-likeness (QED) is 0.725. The fraction of sp³-hybridized carbons (Fsp3) is 0.462. The molecular formula is C13H17FO. The Morgan fingerprint density at radius 3 is 2.40 bits per heavy atom. The molecule has 0 aromatic heterocycles. The van der Waals surface area contributed by atoms with Gasteiger partial charge in [-0.25, -0.2) is 4.39 Å². The normalized spacial score (nSPS) is 11.4. The van der Waals surface area contributed by atoms with Crippen LogP contribution in [0.5, 0.6) is 0 Å². The Bertz CT molecular complexity index is 311. The predicted octanol–water partition coefficient (Wildman–Crippen LogP) is 3.33. The van der Waals surface area contributed by atoms with Gasteiger partial charge in [0, 0.05) is 12.8 Å². The Balaban J connectivity index is 2.35. The molecule has 15 heavy (non-hydrogen) atoms. The molecule has 0 bridgehead atoms. The molecule has 0 aliphatic carbocycles. The number of aryl methyl sites for hydroxylation is 1. The van der Waals surface area contributed by atoms with Gasteiger partial charge in [0.25, 0.3) is 0 Å². The number of hydrogen-bond donors (Lipinski definition) is 0. The van der Waals surface area contributed by atoms with Crippen molar-refractivity contribution < 1.29 is 9.18 Å². The van der Waals surface area contributed by atoms with Crippen LogP contribution >= 0.6 is 0 Å². The van der Waals surface area contributed by atoms with Gasteiger partial charge in [-0.2, -0.15) is 0 Å². The minimum absolute atomic E-state index is 0.00801. The second kappa shape index (κ2) is 5.06. The summed E-state index contributed by atoms with van der Waals surface area (Å²) in [5.74, 6) is -0.00801. The summed E-state index contributed by atoms with van der Waals surface area (Å²) in [5, 5.41) is 0. The first-order valence-corrected chi connectivity index (χ1v) is 5.22. The van der Waals surface area contributed by atoms with Crippen LogP contribution in [0.2, 0.25) is 0 Å². The summed E-state index contributed by atoms with van der Waals surface area (Å²) >= 11 is 0. The Hall–Kier alpha value is -1.18. The number of carbonyl (C=O) groups excluding carboxylic acids is 1. The van der Waals surface area contributed by atoms with Crippen molar-refractivity contribution in [1.29, 1.82) is 0 Å². The predicted molar refractivity (Wildman–Crippen MR) is 59.6 cm³/mol. The van der Waals surface area contributed by atoms with Crippen LogP contribution in [0, 0.1) is 0 Å². The molecule has 0 amide bonds. The van der Waals surface area contributed by atoms with Gasteiger partial charge in [0.2, 0.25) is 0 Å². The van der Waals surface area contributed by atoms with Crippen molar-refractivity contribution in [3.8, 4) is 0 Å². The first-order chi connectivity index (χ1) is 6.97. The summed E-state index contributed by atoms with van der Waals surface area (Å²) in [4.78, 5) is 11.4. The molecule has 82 valence electrons. The molecule has 0 saturated heterocycles. The monoisotopic (exact) mass is 208 g/mol. The van der Waals surface area contributed by atoms with E-state index in [1.807, 2.05) is 30.3 Å². The van der Waals surface area contributed by atoms with E-state index in [1.165, 1.54) is 13.8 Å². The number of halogens is 1. The van der Waals surface area contributed by atoms with Crippen molar-refractivity contribution in [3.63, 3.8) is 0 Å². The first kappa shape index (κ1) is 11.9. The van der Waals surface area contributed by atoms with Crippen LogP contribution in [0.4, 0.5) is 4.39 Å². The van der Waals surface area contributed by atoms with Crippen LogP contribution < -0.4 is 0 Å². The zero-order chi connectivity index (χ0) is 11.3. The molecule has 1 rings (SSSR count). The van der Waals surface area contributed by atoms with Crippen molar-refractivity contribution in [2.75, 3.05) is 0 Å². The Kier molecular flexibility index (Phi) is 4.01. The van der Waals surface area contributed by atoms with Gasteiger partial charge >= 0.3 is 0 Å². The van der Waals surface area contributed by atoms with Gasteiger partial charge in [-0.05, 0) is 25.8 Å². The van der Waals surface area contributed by atoms with Crippen molar-refractivity contribution in [1.82, 2.24) is 0 Å². The highest BCUT2D eigenvalue weighted by atomic mass is 19.1. The third-order valence-corrected chi connectivity index (χ3v) is 2.15. The maximum absolute atomic E-state index is 13.1. The van der Waals surface area contributed by atoms with Crippen LogP contribution in [0.3, 0.4) is 0 Å². The molecule has 0 saturated carbocycles. The molecule has 0 unspecified atom stereocenters. The van der Waals surface area contributed by atoms with Crippen LogP contribution in [0.1, 0.15) is 32.3 Å². The van der Waals surface area contributed by atoms with Crippen LogP contribution in [0.25, 0.3) is 0 Å². The van der Waals surface area contributed by atoms with Gasteiger partial charge < -0.3 is 0 Å². The van der Waals surface area contributed by atoms with Crippen molar-refractivity contribution in [2.45, 2.75) is 38.8 Å². The molecule has 2 heteroatoms. The second-order valence-electron chi connectivity index (χ2n) is 4.42. The van der Waals surface area contributed by atoms with E-state index < -0.39 is 5.67 Å². The molecular weight excluding hydrogens is 191 g/mol. The maximum Gasteiger partial charge on any atom is 0.136 e. The standard InChI is InChI=1S/C13H17FO/c1-13(2,14)10-12(15)9-8-11-6-4-3-5-7-11/h3-7H,8-10H2,1-2H3. The smallest absolute Gasteiger partial charge is 0.136 e. The Labute approximate surface area is 90.3 Å². The van der Waals surface area contributed by atoms with Gasteiger partial charge in [0.15, 0.2) is 0 Å². The van der Waals surface area contributed by atoms with E-state index in [2.05, 4.69) is 0 Å². The van der Waals surface area contributed by atoms with Crippen molar-refractivity contribution in [2.24, 2.45) is 0 Å². The van der Waals surface area contributed by atoms with Gasteiger partial charge in [-0.15, -0.1) is 0 Å². The zero-order valence-corrected chi connectivity index (χ0v) is 9.29. The molecule has 1 aromatic carbocycles. The third-order valence-electron chi connectivity index (χ3n) is 2.15. The summed E-state index contributed by atoms with van der Waals surface area (Å²) in [5.41, 5.74) is -0.254. The molecule has 0 heterocycles. The molecule has 1 nitrogen and oxygen atoms in total. The largest absolute Gasteiger partial charge is 0.300 e. The molecule has 0 spiro atoms. The van der Waals surface area contributed by atoms with E-state index in [0.29, 0.717) is 12.8 Å². The number of alkyl halides is 1. The average Bonchev–Trinajstić information content (AvgIpc) is 2.14. The topological polar surface area (TPSA) is 17.1 Å². The Morgan fingerprint density at radius 1 is 1.27 bits per heavy atom. The van der Waals surface area contributed by atoms with Crippen LogP contribution in [-0.4, -0.2) is 11.5 Å². The highest BCUT2D eigenvalue weighted by molar-refractivity contribution is 5.79. The lowest BCUT2D eigenvalue weighted by atomic mass is 9.99. The van der Waals surface area contributed by atoms with Crippen LogP contribution in [-0.2, 0) is 11.2 Å². The lowest BCUT2D eigenvalue weighted by Crippen LogP contribution is -2.18. The second-order valence-corrected chi connectivity index (χ2v) is 4.42. The molecule has 0 aliphatic rings. The lowest BCUT2D eigenvalue weighted by Gasteiger charge is -2.12. The van der Waals surface area contributed by atoms with Crippen molar-refractivity contribution >= 4 is 5.78 Å². The molecule has 0 aliphatic heterocycles. The van der Waals surface area contributed by atoms with Gasteiger partial charge in [-0.3, -0.25) is 4.79 Å². The number of hydrogen-bond acceptors (Lipinski definition) is 1. The minimum Gasteiger partial charge on any atom is -0.300 e. The zero-order valence-electron chi connectivity index (χ0n) is 9.29. The first-order valence-electron chi connectivity index (χ1n) is 5.22. The minimum atomic E-state index is -1.38. The molecule has 0 N–H and O–H groups in total. The van der Waals surface area contributed by atoms with Gasteiger partial charge in [-0.1, -0.05) is 30.3 Å². The molecule has 1 aromatic rings. The fourth-order valence-electron chi connectivity index (χ4n) is 1.49. The summed E-state index contributed by atoms with van der Waals surface area (Å²) < 4.78 is 13.1. The van der Waals surface area contributed by atoms with Crippen LogP contribution in [0.15, 0.2) is 30.3 Å². The number of rotatable bonds is 5. The molecule has 0 atom stereocenters. The SMILES string of the molecule is CC(C)(F)CC(=O)CCc1ccccc1. The maximum atomic E-state index is 13.1. The van der Waals surface area contributed by atoms with Gasteiger partial charge in [0.1, 0.15) is 11.5 Å². The highest BCUT2D eigenvalue weighted by Crippen LogP contribution is 2.16. The molecule has 0 radical (unpaired) electrons. The lowest BCUT2D eigenvalue weighted by molar-refractivity contribution is -0.121. The van der Waals surface area contributed by atoms with E-state index in [9.17, 15) is 9.18 Å². The summed E-state index contributed by atoms with van der Waals surface area (Å²) in [6.07, 6.45) is 1.15. The summed E-state index contributed by atoms with van der Waals surface area (Å²) in [7, 11) is 0. The van der Waals surface area contributed by atoms with Crippen molar-refractivity contribution in [3.05, 3.63) is 35.9 Å². The third kappa shape index (κ3) is 5.31. The van der Waals surface area contributed by atoms with E-state index in [4.69, 9.17) is 0 Å². The number of Topliss-reactive ketones (excluding diaryl/α,β-unsaturated/α-hetero) is 1. The number of carbonyl (C=O) groups is 1. The number of ketones is 1. The van der Waals surface area contributed by atoms with E-state index in [1.54, 1.807) is 0 Å². The average molecular weight is 208 g/mol. The van der Waals surface area contributed by atoms with Gasteiger partial charge in [0.05, 0.1) is 0 Å². The Morgan fingerprint density at radius 2 is 1.87 bits per heavy atom. The summed E-state index contributed by atoms with van der Waals surface area (Å²) in [6, 6.07) is 9.79. The fourth-order valence-corrected chi connectivity index (χ4v) is 1.49. The van der Waals surface area contributed by atoms with E-state index in [0.717, 1.165) is 5.56 Å². The van der Waals surface area contributed by atoms with E-state index >= 15 is 0 Å². The summed E-state index contributed by atoms with van der Waals surface area (Å²) in [6.45, 7) is 2.88. The molecule has 0 fully saturated rings. The van der Waals surface area contributed by atoms with E-state index in [-0.39, 0.29) is 12.2 Å². The highest BCUT2D eigenvalue weighted by Gasteiger charge is 2.19. The number of benzene rings is 1.